The Balaban J connectivity index is 1.26. The molecule has 0 amide bonds. The van der Waals surface area contributed by atoms with E-state index in [1.54, 1.807) is 0 Å². The summed E-state index contributed by atoms with van der Waals surface area (Å²) in [5, 5.41) is 13.2. The van der Waals surface area contributed by atoms with Gasteiger partial charge in [0.1, 0.15) is 0 Å². The van der Waals surface area contributed by atoms with E-state index in [-0.39, 0.29) is 0 Å². The Hall–Kier alpha value is -4.56. The zero-order valence-electron chi connectivity index (χ0n) is 32.2. The molecule has 0 spiro atoms. The minimum atomic E-state index is 0.424. The van der Waals surface area contributed by atoms with Crippen molar-refractivity contribution in [3.8, 4) is 0 Å². The van der Waals surface area contributed by atoms with Crippen molar-refractivity contribution in [2.24, 2.45) is 0 Å². The van der Waals surface area contributed by atoms with Crippen LogP contribution < -0.4 is 10.6 Å². The Morgan fingerprint density at radius 2 is 0.745 bits per heavy atom. The number of rotatable bonds is 14. The number of nitrogens with one attached hydrogen (secondary N) is 2. The third-order valence-electron chi connectivity index (χ3n) is 10.6. The first-order valence-corrected chi connectivity index (χ1v) is 19.3. The normalized spacial score (nSPS) is 11.8. The van der Waals surface area contributed by atoms with Crippen molar-refractivity contribution in [3.63, 3.8) is 0 Å². The van der Waals surface area contributed by atoms with Gasteiger partial charge in [0.2, 0.25) is 0 Å². The van der Waals surface area contributed by atoms with E-state index in [1.807, 2.05) is 0 Å². The average molecular weight is 675 g/mol. The van der Waals surface area contributed by atoms with Crippen LogP contribution in [0.25, 0.3) is 21.5 Å². The van der Waals surface area contributed by atoms with Gasteiger partial charge in [-0.1, -0.05) is 165 Å². The Morgan fingerprint density at radius 3 is 1.10 bits per heavy atom. The van der Waals surface area contributed by atoms with Crippen LogP contribution in [0.3, 0.4) is 0 Å². The van der Waals surface area contributed by atoms with Gasteiger partial charge in [-0.2, -0.15) is 0 Å². The van der Waals surface area contributed by atoms with Crippen molar-refractivity contribution in [2.75, 3.05) is 23.7 Å². The molecular formula is C49H58N2. The Morgan fingerprint density at radius 1 is 0.412 bits per heavy atom. The topological polar surface area (TPSA) is 24.1 Å². The van der Waals surface area contributed by atoms with Crippen molar-refractivity contribution in [1.29, 1.82) is 0 Å². The molecule has 0 aliphatic heterocycles. The molecular weight excluding hydrogens is 617 g/mol. The molecule has 6 aromatic rings. The first-order valence-electron chi connectivity index (χ1n) is 19.3. The lowest BCUT2D eigenvalue weighted by Crippen LogP contribution is -2.13. The van der Waals surface area contributed by atoms with Gasteiger partial charge in [0, 0.05) is 24.5 Å². The zero-order valence-corrected chi connectivity index (χ0v) is 32.2. The van der Waals surface area contributed by atoms with E-state index in [0.29, 0.717) is 23.7 Å². The van der Waals surface area contributed by atoms with Gasteiger partial charge in [-0.05, 0) is 109 Å². The monoisotopic (exact) mass is 674 g/mol. The second-order valence-electron chi connectivity index (χ2n) is 15.7. The van der Waals surface area contributed by atoms with Gasteiger partial charge < -0.3 is 10.6 Å². The van der Waals surface area contributed by atoms with Crippen LogP contribution >= 0.6 is 0 Å². The molecule has 51 heavy (non-hydrogen) atoms. The van der Waals surface area contributed by atoms with Gasteiger partial charge in [0.25, 0.3) is 0 Å². The van der Waals surface area contributed by atoms with Crippen molar-refractivity contribution in [3.05, 3.63) is 154 Å². The van der Waals surface area contributed by atoms with Gasteiger partial charge in [0.15, 0.2) is 0 Å². The second-order valence-corrected chi connectivity index (χ2v) is 15.7. The Labute approximate surface area is 307 Å². The van der Waals surface area contributed by atoms with Crippen molar-refractivity contribution < 1.29 is 0 Å². The molecule has 0 aliphatic rings. The van der Waals surface area contributed by atoms with Crippen molar-refractivity contribution in [1.82, 2.24) is 0 Å². The Bertz CT molecular complexity index is 1880. The summed E-state index contributed by atoms with van der Waals surface area (Å²) in [6, 6.07) is 40.8. The Kier molecular flexibility index (Phi) is 11.5. The van der Waals surface area contributed by atoms with E-state index in [0.717, 1.165) is 32.4 Å². The fraction of sp³-hybridized carbons (Fsp3) is 0.347. The molecule has 0 bridgehead atoms. The highest BCUT2D eigenvalue weighted by atomic mass is 14.9. The molecule has 264 valence electrons. The molecule has 0 radical (unpaired) electrons. The SMILES string of the molecule is CC(C)c1cc(Cc2cc(C(C)C)c(NCCc3cccc4ccccc34)c(C(C)C)c2)cc(C(C)C)c1NCCc1cccc2ccccc12. The molecule has 2 heteroatoms. The van der Waals surface area contributed by atoms with Crippen LogP contribution in [0.2, 0.25) is 0 Å². The highest BCUT2D eigenvalue weighted by Gasteiger charge is 2.19. The summed E-state index contributed by atoms with van der Waals surface area (Å²) in [4.78, 5) is 0. The summed E-state index contributed by atoms with van der Waals surface area (Å²) in [6.07, 6.45) is 2.93. The molecule has 0 aromatic heterocycles. The van der Waals surface area contributed by atoms with Crippen LogP contribution in [0.15, 0.2) is 109 Å². The van der Waals surface area contributed by atoms with Crippen LogP contribution in [0.5, 0.6) is 0 Å². The number of anilines is 2. The molecule has 0 unspecified atom stereocenters. The summed E-state index contributed by atoms with van der Waals surface area (Å²) in [7, 11) is 0. The fourth-order valence-electron chi connectivity index (χ4n) is 7.84. The maximum Gasteiger partial charge on any atom is 0.0410 e. The van der Waals surface area contributed by atoms with Crippen LogP contribution in [0.1, 0.15) is 124 Å². The molecule has 2 nitrogen and oxygen atoms in total. The van der Waals surface area contributed by atoms with Gasteiger partial charge in [-0.25, -0.2) is 0 Å². The van der Waals surface area contributed by atoms with Crippen LogP contribution in [-0.2, 0) is 19.3 Å². The lowest BCUT2D eigenvalue weighted by atomic mass is 9.86. The number of hydrogen-bond acceptors (Lipinski definition) is 2. The maximum absolute atomic E-state index is 3.94. The largest absolute Gasteiger partial charge is 0.384 e. The van der Waals surface area contributed by atoms with Gasteiger partial charge in [-0.3, -0.25) is 0 Å². The number of benzene rings is 6. The predicted molar refractivity (Wildman–Crippen MR) is 224 cm³/mol. The summed E-state index contributed by atoms with van der Waals surface area (Å²) in [5.41, 5.74) is 14.0. The van der Waals surface area contributed by atoms with E-state index in [1.165, 1.54) is 77.4 Å². The molecule has 0 saturated carbocycles. The maximum atomic E-state index is 3.94. The minimum absolute atomic E-state index is 0.424. The lowest BCUT2D eigenvalue weighted by molar-refractivity contribution is 0.821. The highest BCUT2D eigenvalue weighted by molar-refractivity contribution is 5.86. The van der Waals surface area contributed by atoms with Gasteiger partial charge in [-0.15, -0.1) is 0 Å². The molecule has 0 saturated heterocycles. The van der Waals surface area contributed by atoms with Gasteiger partial charge in [0.05, 0.1) is 0 Å². The van der Waals surface area contributed by atoms with E-state index in [2.05, 4.69) is 175 Å². The summed E-state index contributed by atoms with van der Waals surface area (Å²) in [6.45, 7) is 20.5. The molecule has 0 fully saturated rings. The predicted octanol–water partition coefficient (Wildman–Crippen LogP) is 13.4. The first kappa shape index (κ1) is 36.2. The van der Waals surface area contributed by atoms with E-state index in [4.69, 9.17) is 0 Å². The minimum Gasteiger partial charge on any atom is -0.384 e. The molecule has 0 atom stereocenters. The zero-order chi connectivity index (χ0) is 36.1. The average Bonchev–Trinajstić information content (AvgIpc) is 3.12. The van der Waals surface area contributed by atoms with E-state index < -0.39 is 0 Å². The van der Waals surface area contributed by atoms with Gasteiger partial charge >= 0.3 is 0 Å². The molecule has 0 aliphatic carbocycles. The summed E-state index contributed by atoms with van der Waals surface area (Å²) >= 11 is 0. The number of hydrogen-bond donors (Lipinski definition) is 2. The van der Waals surface area contributed by atoms with Crippen LogP contribution in [0, 0.1) is 0 Å². The van der Waals surface area contributed by atoms with Crippen molar-refractivity contribution >= 4 is 32.9 Å². The summed E-state index contributed by atoms with van der Waals surface area (Å²) < 4.78 is 0. The quantitative estimate of drug-likeness (QED) is 0.120. The van der Waals surface area contributed by atoms with E-state index >= 15 is 0 Å². The highest BCUT2D eigenvalue weighted by Crippen LogP contribution is 2.38. The van der Waals surface area contributed by atoms with Crippen molar-refractivity contribution in [2.45, 2.75) is 98.3 Å². The standard InChI is InChI=1S/C49H58N2/c1-32(2)44-28-36(29-45(33(3)4)48(44)50-25-23-40-19-13-17-38-15-9-11-21-42(38)40)27-37-30-46(34(5)6)49(47(31-37)35(7)8)51-26-24-41-20-14-18-39-16-10-12-22-43(39)41/h9-22,28-35,50-51H,23-27H2,1-8H3. The smallest absolute Gasteiger partial charge is 0.0410 e. The van der Waals surface area contributed by atoms with Crippen LogP contribution in [-0.4, -0.2) is 13.1 Å². The first-order chi connectivity index (χ1) is 24.6. The fourth-order valence-corrected chi connectivity index (χ4v) is 7.84. The second kappa shape index (κ2) is 16.2. The summed E-state index contributed by atoms with van der Waals surface area (Å²) in [5.74, 6) is 1.70. The molecule has 6 aromatic carbocycles. The van der Waals surface area contributed by atoms with E-state index in [9.17, 15) is 0 Å². The van der Waals surface area contributed by atoms with Crippen LogP contribution in [0.4, 0.5) is 11.4 Å². The third-order valence-corrected chi connectivity index (χ3v) is 10.6. The molecule has 6 rings (SSSR count). The lowest BCUT2D eigenvalue weighted by Gasteiger charge is -2.25. The molecule has 2 N–H and O–H groups in total. The number of fused-ring (bicyclic) bond motifs is 2. The third kappa shape index (κ3) is 8.33. The molecule has 0 heterocycles.